The summed E-state index contributed by atoms with van der Waals surface area (Å²) in [4.78, 5) is 12.5. The molecule has 3 rings (SSSR count). The lowest BCUT2D eigenvalue weighted by Gasteiger charge is -2.36. The highest BCUT2D eigenvalue weighted by Crippen LogP contribution is 2.43. The van der Waals surface area contributed by atoms with Gasteiger partial charge in [0.25, 0.3) is 0 Å². The summed E-state index contributed by atoms with van der Waals surface area (Å²) in [6.45, 7) is 6.16. The van der Waals surface area contributed by atoms with E-state index in [1.807, 2.05) is 25.1 Å². The minimum Gasteiger partial charge on any atom is -0.457 e. The number of aliphatic hydroxyl groups excluding tert-OH is 1. The highest BCUT2D eigenvalue weighted by Gasteiger charge is 2.39. The molecule has 1 N–H and O–H groups in total. The zero-order valence-electron chi connectivity index (χ0n) is 16.0. The predicted molar refractivity (Wildman–Crippen MR) is 110 cm³/mol. The fourth-order valence-corrected chi connectivity index (χ4v) is 4.58. The van der Waals surface area contributed by atoms with Crippen LogP contribution in [0, 0.1) is 5.92 Å². The molecule has 3 atom stereocenters. The molecule has 1 aliphatic rings. The molecule has 0 fully saturated rings. The van der Waals surface area contributed by atoms with Gasteiger partial charge in [0.05, 0.1) is 0 Å². The summed E-state index contributed by atoms with van der Waals surface area (Å²) in [7, 11) is 0. The molecule has 2 heterocycles. The van der Waals surface area contributed by atoms with Gasteiger partial charge < -0.3 is 19.3 Å². The Balaban J connectivity index is 2.02. The highest BCUT2D eigenvalue weighted by molar-refractivity contribution is 7.17. The molecule has 5 nitrogen and oxygen atoms in total. The zero-order valence-corrected chi connectivity index (χ0v) is 16.8. The Morgan fingerprint density at radius 3 is 2.96 bits per heavy atom. The number of hydrogen-bond acceptors (Lipinski definition) is 6. The Morgan fingerprint density at radius 1 is 1.39 bits per heavy atom. The first-order valence-corrected chi connectivity index (χ1v) is 10.4. The molecule has 0 spiro atoms. The van der Waals surface area contributed by atoms with Gasteiger partial charge in [-0.3, -0.25) is 0 Å². The molecular formula is C22H26O5S. The van der Waals surface area contributed by atoms with Gasteiger partial charge in [-0.05, 0) is 48.2 Å². The molecule has 0 unspecified atom stereocenters. The van der Waals surface area contributed by atoms with Crippen LogP contribution in [0.3, 0.4) is 0 Å². The normalized spacial score (nSPS) is 21.8. The smallest absolute Gasteiger partial charge is 0.373 e. The maximum Gasteiger partial charge on any atom is 0.373 e. The van der Waals surface area contributed by atoms with Crippen LogP contribution in [0.5, 0.6) is 0 Å². The predicted octanol–water partition coefficient (Wildman–Crippen LogP) is 4.38. The van der Waals surface area contributed by atoms with Gasteiger partial charge in [-0.25, -0.2) is 4.79 Å². The second-order valence-corrected chi connectivity index (χ2v) is 7.51. The molecule has 1 aromatic carbocycles. The van der Waals surface area contributed by atoms with Crippen LogP contribution in [-0.4, -0.2) is 37.2 Å². The molecule has 0 saturated heterocycles. The van der Waals surface area contributed by atoms with Gasteiger partial charge in [0.15, 0.2) is 0 Å². The van der Waals surface area contributed by atoms with Gasteiger partial charge in [0.1, 0.15) is 6.61 Å². The summed E-state index contributed by atoms with van der Waals surface area (Å²) in [5, 5.41) is 12.7. The molecule has 0 amide bonds. The quantitative estimate of drug-likeness (QED) is 0.498. The van der Waals surface area contributed by atoms with E-state index in [9.17, 15) is 9.90 Å². The van der Waals surface area contributed by atoms with Crippen molar-refractivity contribution in [2.75, 3.05) is 19.8 Å². The van der Waals surface area contributed by atoms with E-state index in [4.69, 9.17) is 14.2 Å². The molecule has 0 radical (unpaired) electrons. The van der Waals surface area contributed by atoms with E-state index < -0.39 is 12.3 Å². The Kier molecular flexibility index (Phi) is 7.25. The second-order valence-electron chi connectivity index (χ2n) is 6.60. The van der Waals surface area contributed by atoms with Gasteiger partial charge in [-0.2, -0.15) is 0 Å². The van der Waals surface area contributed by atoms with Crippen molar-refractivity contribution in [1.29, 1.82) is 0 Å². The first kappa shape index (κ1) is 20.6. The van der Waals surface area contributed by atoms with Crippen LogP contribution < -0.4 is 0 Å². The fraction of sp³-hybridized carbons (Fsp3) is 0.409. The number of esters is 1. The van der Waals surface area contributed by atoms with Gasteiger partial charge in [0.2, 0.25) is 12.0 Å². The van der Waals surface area contributed by atoms with E-state index in [0.29, 0.717) is 13.0 Å². The summed E-state index contributed by atoms with van der Waals surface area (Å²) in [6, 6.07) is 8.23. The first-order chi connectivity index (χ1) is 13.7. The molecule has 0 saturated carbocycles. The van der Waals surface area contributed by atoms with Crippen LogP contribution in [0.25, 0.3) is 10.1 Å². The Labute approximate surface area is 169 Å². The third kappa shape index (κ3) is 4.46. The highest BCUT2D eigenvalue weighted by atomic mass is 32.1. The number of benzene rings is 1. The van der Waals surface area contributed by atoms with Crippen LogP contribution in [0.4, 0.5) is 0 Å². The third-order valence-corrected chi connectivity index (χ3v) is 5.80. The van der Waals surface area contributed by atoms with E-state index in [1.54, 1.807) is 11.3 Å². The Hall–Kier alpha value is -2.15. The number of aliphatic hydroxyl groups is 1. The summed E-state index contributed by atoms with van der Waals surface area (Å²) in [5.74, 6) is -0.434. The lowest BCUT2D eigenvalue weighted by Crippen LogP contribution is -2.36. The number of carbonyl (C=O) groups excluding carboxylic acids is 1. The van der Waals surface area contributed by atoms with Crippen molar-refractivity contribution in [3.8, 4) is 0 Å². The molecule has 0 bridgehead atoms. The summed E-state index contributed by atoms with van der Waals surface area (Å²) < 4.78 is 18.1. The minimum absolute atomic E-state index is 0.0129. The number of allylic oxidation sites excluding steroid dienone is 1. The largest absolute Gasteiger partial charge is 0.457 e. The topological polar surface area (TPSA) is 65.0 Å². The summed E-state index contributed by atoms with van der Waals surface area (Å²) in [6.07, 6.45) is 4.16. The van der Waals surface area contributed by atoms with E-state index in [0.717, 1.165) is 12.0 Å². The first-order valence-electron chi connectivity index (χ1n) is 9.54. The lowest BCUT2D eigenvalue weighted by molar-refractivity contribution is -0.175. The van der Waals surface area contributed by atoms with Crippen molar-refractivity contribution in [2.45, 2.75) is 32.0 Å². The number of hydrogen-bond donors (Lipinski definition) is 1. The van der Waals surface area contributed by atoms with E-state index in [-0.39, 0.29) is 30.8 Å². The number of fused-ring (bicyclic) bond motifs is 1. The maximum absolute atomic E-state index is 12.5. The molecule has 28 heavy (non-hydrogen) atoms. The number of rotatable bonds is 9. The van der Waals surface area contributed by atoms with E-state index >= 15 is 0 Å². The molecule has 6 heteroatoms. The van der Waals surface area contributed by atoms with Crippen LogP contribution in [0.2, 0.25) is 0 Å². The molecule has 1 aliphatic heterocycles. The van der Waals surface area contributed by atoms with Gasteiger partial charge >= 0.3 is 5.97 Å². The van der Waals surface area contributed by atoms with Gasteiger partial charge in [-0.1, -0.05) is 30.9 Å². The Bertz CT molecular complexity index is 840. The third-order valence-electron chi connectivity index (χ3n) is 4.81. The van der Waals surface area contributed by atoms with Crippen LogP contribution in [-0.2, 0) is 19.0 Å². The van der Waals surface area contributed by atoms with Crippen molar-refractivity contribution in [2.24, 2.45) is 5.92 Å². The molecule has 2 aromatic rings. The van der Waals surface area contributed by atoms with E-state index in [2.05, 4.69) is 24.1 Å². The summed E-state index contributed by atoms with van der Waals surface area (Å²) in [5.41, 5.74) is 1.14. The minimum atomic E-state index is -0.573. The van der Waals surface area contributed by atoms with Crippen molar-refractivity contribution in [1.82, 2.24) is 0 Å². The van der Waals surface area contributed by atoms with Crippen molar-refractivity contribution < 1.29 is 24.1 Å². The Morgan fingerprint density at radius 2 is 2.21 bits per heavy atom. The molecular weight excluding hydrogens is 376 g/mol. The standard InChI is InChI=1S/C22H26O5S/c1-3-12-26-21(24)19-13-17(16(9-7-11-23)22(27-19)25-4-2)18-14-28-20-10-6-5-8-15(18)20/h3,5-6,8,10,13-14,16-17,22-23H,1,4,7,9,11-12H2,2H3/t16-,17+,22-/m1/s1. The van der Waals surface area contributed by atoms with Gasteiger partial charge in [-0.15, -0.1) is 11.3 Å². The molecule has 150 valence electrons. The monoisotopic (exact) mass is 402 g/mol. The zero-order chi connectivity index (χ0) is 19.9. The lowest BCUT2D eigenvalue weighted by atomic mass is 9.80. The van der Waals surface area contributed by atoms with Crippen LogP contribution in [0.15, 0.2) is 54.1 Å². The number of carbonyl (C=O) groups is 1. The van der Waals surface area contributed by atoms with Crippen molar-refractivity contribution in [3.63, 3.8) is 0 Å². The average molecular weight is 403 g/mol. The maximum atomic E-state index is 12.5. The van der Waals surface area contributed by atoms with Crippen molar-refractivity contribution >= 4 is 27.4 Å². The number of thiophene rings is 1. The van der Waals surface area contributed by atoms with Crippen LogP contribution >= 0.6 is 11.3 Å². The number of ether oxygens (including phenoxy) is 3. The summed E-state index contributed by atoms with van der Waals surface area (Å²) >= 11 is 1.68. The average Bonchev–Trinajstić information content (AvgIpc) is 3.14. The fourth-order valence-electron chi connectivity index (χ4n) is 3.57. The van der Waals surface area contributed by atoms with E-state index in [1.165, 1.54) is 16.2 Å². The van der Waals surface area contributed by atoms with Crippen LogP contribution in [0.1, 0.15) is 31.2 Å². The SMILES string of the molecule is C=CCOC(=O)C1=C[C@H](c2csc3ccccc23)[C@@H](CCCO)[C@H](OCC)O1. The second kappa shape index (κ2) is 9.87. The molecule has 1 aromatic heterocycles. The molecule has 0 aliphatic carbocycles. The van der Waals surface area contributed by atoms with Gasteiger partial charge in [0, 0.05) is 29.7 Å². The van der Waals surface area contributed by atoms with Crippen molar-refractivity contribution in [3.05, 3.63) is 59.7 Å².